The number of carbonyl (C=O) groups is 1. The molecule has 432 valence electrons. The molecule has 2 aliphatic heterocycles. The van der Waals surface area contributed by atoms with E-state index in [2.05, 4.69) is 92.1 Å². The molecule has 0 aromatic rings. The van der Waals surface area contributed by atoms with Gasteiger partial charge in [0.1, 0.15) is 48.8 Å². The van der Waals surface area contributed by atoms with E-state index in [1.807, 2.05) is 6.08 Å². The molecule has 0 bridgehead atoms. The van der Waals surface area contributed by atoms with Gasteiger partial charge in [-0.1, -0.05) is 208 Å². The third-order valence-corrected chi connectivity index (χ3v) is 13.8. The summed E-state index contributed by atoms with van der Waals surface area (Å²) in [6.07, 6.45) is 44.6. The van der Waals surface area contributed by atoms with Gasteiger partial charge in [0, 0.05) is 6.42 Å². The standard InChI is InChI=1S/C61H105NO13/c1-3-5-7-9-11-13-15-17-19-21-23-24-25-26-27-29-31-33-35-37-39-41-43-45-53(66)62-49(50(65)44-42-40-38-36-34-32-30-28-22-20-18-16-14-12-10-8-6-4-2)48-72-60-58(71)56(69)59(52(47-64)74-60)75-61-57(70)55(68)54(67)51(46-63)73-61/h5,7,11,13,17,19,23-24,26-27,31,33,42,44,49-52,54-61,63-65,67-71H,3-4,6,8-10,12,14-16,18,20-22,25,28-30,32,34-41,43,45-48H2,1-2H3,(H,62,66)/b7-5-,13-11-,19-17-,24-23-,27-26-,33-31-,44-42+. The molecule has 0 aliphatic carbocycles. The molecule has 12 unspecified atom stereocenters. The number of hydrogen-bond donors (Lipinski definition) is 9. The first-order valence-electron chi connectivity index (χ1n) is 29.3. The lowest BCUT2D eigenvalue weighted by Gasteiger charge is -2.46. The molecule has 0 aromatic carbocycles. The minimum absolute atomic E-state index is 0.247. The van der Waals surface area contributed by atoms with E-state index in [0.29, 0.717) is 6.42 Å². The molecule has 0 aromatic heterocycles. The lowest BCUT2D eigenvalue weighted by Crippen LogP contribution is -2.65. The van der Waals surface area contributed by atoms with Gasteiger partial charge in [-0.25, -0.2) is 0 Å². The van der Waals surface area contributed by atoms with Gasteiger partial charge in [0.2, 0.25) is 5.91 Å². The molecule has 2 aliphatic rings. The maximum Gasteiger partial charge on any atom is 0.220 e. The Morgan fingerprint density at radius 3 is 1.41 bits per heavy atom. The molecule has 14 nitrogen and oxygen atoms in total. The number of nitrogens with one attached hydrogen (secondary N) is 1. The number of carbonyl (C=O) groups excluding carboxylic acids is 1. The second kappa shape index (κ2) is 46.1. The van der Waals surface area contributed by atoms with Crippen LogP contribution in [0.2, 0.25) is 0 Å². The highest BCUT2D eigenvalue weighted by molar-refractivity contribution is 5.76. The van der Waals surface area contributed by atoms with E-state index in [4.69, 9.17) is 18.9 Å². The van der Waals surface area contributed by atoms with E-state index >= 15 is 0 Å². The SMILES string of the molecule is CC/C=C\C/C=C\C/C=C\C/C=C\C/C=C\C/C=C\CCCCCCC(=O)NC(COC1OC(CO)C(OC2OC(CO)C(O)C(O)C2O)C(O)C1O)C(O)/C=C/CCCCCCCCCCCCCCCCCC. The van der Waals surface area contributed by atoms with E-state index in [1.165, 1.54) is 89.9 Å². The van der Waals surface area contributed by atoms with Crippen molar-refractivity contribution in [3.63, 3.8) is 0 Å². The van der Waals surface area contributed by atoms with E-state index < -0.39 is 86.8 Å². The van der Waals surface area contributed by atoms with Crippen molar-refractivity contribution in [3.05, 3.63) is 85.1 Å². The molecule has 1 amide bonds. The lowest BCUT2D eigenvalue weighted by atomic mass is 9.97. The van der Waals surface area contributed by atoms with Crippen molar-refractivity contribution >= 4 is 5.91 Å². The lowest BCUT2D eigenvalue weighted by molar-refractivity contribution is -0.359. The third kappa shape index (κ3) is 32.0. The smallest absolute Gasteiger partial charge is 0.220 e. The molecule has 2 fully saturated rings. The van der Waals surface area contributed by atoms with Crippen LogP contribution in [0.4, 0.5) is 0 Å². The van der Waals surface area contributed by atoms with E-state index in [0.717, 1.165) is 83.5 Å². The topological polar surface area (TPSA) is 228 Å². The molecule has 0 saturated carbocycles. The summed E-state index contributed by atoms with van der Waals surface area (Å²) in [6.45, 7) is 2.66. The molecule has 75 heavy (non-hydrogen) atoms. The number of allylic oxidation sites excluding steroid dienone is 13. The van der Waals surface area contributed by atoms with Gasteiger partial charge in [-0.05, 0) is 70.6 Å². The normalized spacial score (nSPS) is 25.7. The molecule has 9 N–H and O–H groups in total. The highest BCUT2D eigenvalue weighted by atomic mass is 16.7. The van der Waals surface area contributed by atoms with E-state index in [1.54, 1.807) is 6.08 Å². The Morgan fingerprint density at radius 1 is 0.493 bits per heavy atom. The highest BCUT2D eigenvalue weighted by Crippen LogP contribution is 2.30. The molecule has 14 heteroatoms. The van der Waals surface area contributed by atoms with Crippen LogP contribution in [0.5, 0.6) is 0 Å². The fraction of sp³-hybridized carbons (Fsp3) is 0.754. The fourth-order valence-electron chi connectivity index (χ4n) is 9.12. The van der Waals surface area contributed by atoms with Crippen LogP contribution in [0.1, 0.15) is 200 Å². The van der Waals surface area contributed by atoms with Crippen LogP contribution in [-0.2, 0) is 23.7 Å². The van der Waals surface area contributed by atoms with Crippen LogP contribution in [-0.4, -0.2) is 140 Å². The minimum atomic E-state index is -1.79. The van der Waals surface area contributed by atoms with Crippen molar-refractivity contribution in [2.24, 2.45) is 0 Å². The summed E-state index contributed by atoms with van der Waals surface area (Å²) in [5.74, 6) is -0.266. The predicted octanol–water partition coefficient (Wildman–Crippen LogP) is 9.72. The summed E-state index contributed by atoms with van der Waals surface area (Å²) in [6, 6.07) is -0.934. The van der Waals surface area contributed by atoms with Crippen molar-refractivity contribution in [3.8, 4) is 0 Å². The van der Waals surface area contributed by atoms with Crippen molar-refractivity contribution < 1.29 is 64.6 Å². The van der Waals surface area contributed by atoms with Gasteiger partial charge in [-0.3, -0.25) is 4.79 Å². The number of aliphatic hydroxyl groups excluding tert-OH is 8. The van der Waals surface area contributed by atoms with Gasteiger partial charge < -0.3 is 65.1 Å². The summed E-state index contributed by atoms with van der Waals surface area (Å²) in [4.78, 5) is 13.2. The fourth-order valence-corrected chi connectivity index (χ4v) is 9.12. The zero-order valence-electron chi connectivity index (χ0n) is 46.3. The van der Waals surface area contributed by atoms with Crippen LogP contribution in [0, 0.1) is 0 Å². The number of hydrogen-bond acceptors (Lipinski definition) is 13. The quantitative estimate of drug-likeness (QED) is 0.0205. The molecular formula is C61H105NO13. The van der Waals surface area contributed by atoms with Crippen LogP contribution >= 0.6 is 0 Å². The summed E-state index contributed by atoms with van der Waals surface area (Å²) < 4.78 is 22.8. The molecular weight excluding hydrogens is 955 g/mol. The molecule has 2 heterocycles. The van der Waals surface area contributed by atoms with Gasteiger partial charge in [-0.2, -0.15) is 0 Å². The van der Waals surface area contributed by atoms with Crippen LogP contribution in [0.25, 0.3) is 0 Å². The number of ether oxygens (including phenoxy) is 4. The predicted molar refractivity (Wildman–Crippen MR) is 300 cm³/mol. The van der Waals surface area contributed by atoms with Crippen molar-refractivity contribution in [2.75, 3.05) is 19.8 Å². The van der Waals surface area contributed by atoms with Crippen LogP contribution < -0.4 is 5.32 Å². The second-order valence-corrected chi connectivity index (χ2v) is 20.4. The van der Waals surface area contributed by atoms with Gasteiger partial charge in [-0.15, -0.1) is 0 Å². The molecule has 2 saturated heterocycles. The number of unbranched alkanes of at least 4 members (excludes halogenated alkanes) is 20. The van der Waals surface area contributed by atoms with Crippen molar-refractivity contribution in [1.29, 1.82) is 0 Å². The number of amides is 1. The summed E-state index contributed by atoms with van der Waals surface area (Å²) in [5.41, 5.74) is 0. The average molecular weight is 1060 g/mol. The largest absolute Gasteiger partial charge is 0.394 e. The first-order chi connectivity index (χ1) is 36.6. The Labute approximate surface area is 452 Å². The van der Waals surface area contributed by atoms with E-state index in [-0.39, 0.29) is 18.9 Å². The summed E-state index contributed by atoms with van der Waals surface area (Å²) in [7, 11) is 0. The first kappa shape index (κ1) is 68.3. The summed E-state index contributed by atoms with van der Waals surface area (Å²) in [5, 5.41) is 87.1. The Balaban J connectivity index is 1.80. The van der Waals surface area contributed by atoms with Gasteiger partial charge >= 0.3 is 0 Å². The Bertz CT molecular complexity index is 1580. The molecule has 0 spiro atoms. The summed E-state index contributed by atoms with van der Waals surface area (Å²) >= 11 is 0. The number of aliphatic hydroxyl groups is 8. The highest BCUT2D eigenvalue weighted by Gasteiger charge is 2.51. The van der Waals surface area contributed by atoms with Gasteiger partial charge in [0.15, 0.2) is 12.6 Å². The average Bonchev–Trinajstić information content (AvgIpc) is 3.41. The Hall–Kier alpha value is -2.83. The second-order valence-electron chi connectivity index (χ2n) is 20.4. The maximum absolute atomic E-state index is 13.2. The van der Waals surface area contributed by atoms with Crippen LogP contribution in [0.15, 0.2) is 85.1 Å². The maximum atomic E-state index is 13.2. The molecule has 0 radical (unpaired) electrons. The van der Waals surface area contributed by atoms with Crippen molar-refractivity contribution in [2.45, 2.75) is 274 Å². The molecule has 2 rings (SSSR count). The van der Waals surface area contributed by atoms with Gasteiger partial charge in [0.05, 0.1) is 32.0 Å². The Kier molecular flexibility index (Phi) is 42.0. The van der Waals surface area contributed by atoms with Crippen molar-refractivity contribution in [1.82, 2.24) is 5.32 Å². The monoisotopic (exact) mass is 1060 g/mol. The van der Waals surface area contributed by atoms with Crippen LogP contribution in [0.3, 0.4) is 0 Å². The Morgan fingerprint density at radius 2 is 0.920 bits per heavy atom. The third-order valence-electron chi connectivity index (χ3n) is 13.8. The number of rotatable bonds is 45. The first-order valence-corrected chi connectivity index (χ1v) is 29.3. The van der Waals surface area contributed by atoms with E-state index in [9.17, 15) is 45.6 Å². The molecule has 12 atom stereocenters. The zero-order chi connectivity index (χ0) is 54.6. The van der Waals surface area contributed by atoms with Gasteiger partial charge in [0.25, 0.3) is 0 Å². The minimum Gasteiger partial charge on any atom is -0.394 e. The zero-order valence-corrected chi connectivity index (χ0v) is 46.3.